The zero-order chi connectivity index (χ0) is 12.9. The topological polar surface area (TPSA) is 12.0 Å². The van der Waals surface area contributed by atoms with Gasteiger partial charge in [0.25, 0.3) is 0 Å². The summed E-state index contributed by atoms with van der Waals surface area (Å²) >= 11 is 0. The highest BCUT2D eigenvalue weighted by Gasteiger charge is 2.53. The van der Waals surface area contributed by atoms with Gasteiger partial charge in [-0.25, -0.2) is 0 Å². The highest BCUT2D eigenvalue weighted by Crippen LogP contribution is 2.62. The first kappa shape index (κ1) is 12.7. The Morgan fingerprint density at radius 1 is 0.947 bits per heavy atom. The highest BCUT2D eigenvalue weighted by atomic mass is 14.9. The Kier molecular flexibility index (Phi) is 3.17. The lowest BCUT2D eigenvalue weighted by atomic mass is 9.47. The fourth-order valence-corrected chi connectivity index (χ4v) is 6.86. The molecule has 0 aromatic rings. The van der Waals surface area contributed by atoms with E-state index in [1.165, 1.54) is 32.1 Å². The Balaban J connectivity index is 1.51. The summed E-state index contributed by atoms with van der Waals surface area (Å²) in [5, 5.41) is 3.79. The number of hydrogen-bond donors (Lipinski definition) is 1. The third-order valence-corrected chi connectivity index (χ3v) is 7.22. The molecule has 1 atom stereocenters. The van der Waals surface area contributed by atoms with E-state index < -0.39 is 0 Å². The fourth-order valence-electron chi connectivity index (χ4n) is 6.86. The average molecular weight is 261 g/mol. The Morgan fingerprint density at radius 2 is 1.47 bits per heavy atom. The molecule has 5 saturated carbocycles. The maximum absolute atomic E-state index is 3.79. The molecule has 0 saturated heterocycles. The van der Waals surface area contributed by atoms with Crippen LogP contribution in [0.3, 0.4) is 0 Å². The summed E-state index contributed by atoms with van der Waals surface area (Å²) in [7, 11) is 2.25. The molecular weight excluding hydrogens is 230 g/mol. The molecule has 0 amide bonds. The van der Waals surface area contributed by atoms with E-state index in [4.69, 9.17) is 0 Å². The van der Waals surface area contributed by atoms with Crippen LogP contribution in [-0.4, -0.2) is 13.1 Å². The molecule has 1 N–H and O–H groups in total. The third-order valence-electron chi connectivity index (χ3n) is 7.22. The molecule has 1 nitrogen and oxygen atoms in total. The van der Waals surface area contributed by atoms with Crippen molar-refractivity contribution in [3.8, 4) is 0 Å². The van der Waals surface area contributed by atoms with Gasteiger partial charge < -0.3 is 5.32 Å². The molecule has 5 rings (SSSR count). The standard InChI is InChI=1S/C18H31N/c1-19-17(9-13-4-2-3-5-13)18-10-14-6-15(11-18)8-16(7-14)12-18/h13-17,19H,2-12H2,1H3. The molecule has 19 heavy (non-hydrogen) atoms. The van der Waals surface area contributed by atoms with Crippen LogP contribution in [0.15, 0.2) is 0 Å². The van der Waals surface area contributed by atoms with E-state index in [1.807, 2.05) is 0 Å². The van der Waals surface area contributed by atoms with Crippen molar-refractivity contribution in [3.63, 3.8) is 0 Å². The minimum Gasteiger partial charge on any atom is -0.316 e. The van der Waals surface area contributed by atoms with Crippen LogP contribution in [-0.2, 0) is 0 Å². The second-order valence-corrected chi connectivity index (χ2v) is 8.51. The maximum atomic E-state index is 3.79. The predicted molar refractivity (Wildman–Crippen MR) is 80.0 cm³/mol. The molecule has 108 valence electrons. The van der Waals surface area contributed by atoms with Crippen molar-refractivity contribution in [3.05, 3.63) is 0 Å². The van der Waals surface area contributed by atoms with Gasteiger partial charge in [0.2, 0.25) is 0 Å². The van der Waals surface area contributed by atoms with E-state index >= 15 is 0 Å². The Morgan fingerprint density at radius 3 is 1.95 bits per heavy atom. The third kappa shape index (κ3) is 2.17. The van der Waals surface area contributed by atoms with Crippen LogP contribution in [0.25, 0.3) is 0 Å². The van der Waals surface area contributed by atoms with Crippen molar-refractivity contribution in [2.24, 2.45) is 29.1 Å². The van der Waals surface area contributed by atoms with E-state index in [2.05, 4.69) is 12.4 Å². The molecule has 1 unspecified atom stereocenters. The van der Waals surface area contributed by atoms with Crippen molar-refractivity contribution in [2.45, 2.75) is 76.7 Å². The van der Waals surface area contributed by atoms with E-state index in [0.717, 1.165) is 29.7 Å². The van der Waals surface area contributed by atoms with Crippen molar-refractivity contribution < 1.29 is 0 Å². The van der Waals surface area contributed by atoms with Gasteiger partial charge in [-0.05, 0) is 81.1 Å². The summed E-state index contributed by atoms with van der Waals surface area (Å²) in [4.78, 5) is 0. The van der Waals surface area contributed by atoms with Crippen molar-refractivity contribution in [1.29, 1.82) is 0 Å². The minimum absolute atomic E-state index is 0.714. The molecule has 0 aromatic heterocycles. The van der Waals surface area contributed by atoms with Crippen molar-refractivity contribution in [1.82, 2.24) is 5.32 Å². The zero-order valence-electron chi connectivity index (χ0n) is 12.7. The number of hydrogen-bond acceptors (Lipinski definition) is 1. The minimum atomic E-state index is 0.714. The predicted octanol–water partition coefficient (Wildman–Crippen LogP) is 4.37. The molecule has 0 aromatic carbocycles. The average Bonchev–Trinajstić information content (AvgIpc) is 2.87. The normalized spacial score (nSPS) is 46.9. The summed E-state index contributed by atoms with van der Waals surface area (Å²) in [6.45, 7) is 0. The molecular formula is C18H31N. The smallest absolute Gasteiger partial charge is 0.0123 e. The van der Waals surface area contributed by atoms with Crippen LogP contribution in [0.2, 0.25) is 0 Å². The van der Waals surface area contributed by atoms with Gasteiger partial charge in [0.1, 0.15) is 0 Å². The van der Waals surface area contributed by atoms with Gasteiger partial charge in [0, 0.05) is 6.04 Å². The Hall–Kier alpha value is -0.0400. The van der Waals surface area contributed by atoms with Crippen LogP contribution < -0.4 is 5.32 Å². The largest absolute Gasteiger partial charge is 0.316 e. The van der Waals surface area contributed by atoms with E-state index in [0.29, 0.717) is 5.41 Å². The summed E-state index contributed by atoms with van der Waals surface area (Å²) in [6.07, 6.45) is 17.0. The van der Waals surface area contributed by atoms with E-state index in [-0.39, 0.29) is 0 Å². The summed E-state index contributed by atoms with van der Waals surface area (Å²) in [5.74, 6) is 4.35. The highest BCUT2D eigenvalue weighted by molar-refractivity contribution is 5.06. The Bertz CT molecular complexity index is 293. The molecule has 0 aliphatic heterocycles. The molecule has 5 aliphatic rings. The molecule has 0 heterocycles. The summed E-state index contributed by atoms with van der Waals surface area (Å²) in [5.41, 5.74) is 0.714. The van der Waals surface area contributed by atoms with E-state index in [9.17, 15) is 0 Å². The van der Waals surface area contributed by atoms with Gasteiger partial charge in [0.15, 0.2) is 0 Å². The van der Waals surface area contributed by atoms with Crippen molar-refractivity contribution in [2.75, 3.05) is 7.05 Å². The lowest BCUT2D eigenvalue weighted by Gasteiger charge is -2.60. The maximum Gasteiger partial charge on any atom is 0.0123 e. The van der Waals surface area contributed by atoms with Gasteiger partial charge in [-0.2, -0.15) is 0 Å². The lowest BCUT2D eigenvalue weighted by molar-refractivity contribution is -0.0763. The molecule has 4 bridgehead atoms. The molecule has 5 aliphatic carbocycles. The van der Waals surface area contributed by atoms with Crippen LogP contribution in [0.4, 0.5) is 0 Å². The fraction of sp³-hybridized carbons (Fsp3) is 1.00. The van der Waals surface area contributed by atoms with Crippen LogP contribution >= 0.6 is 0 Å². The quantitative estimate of drug-likeness (QED) is 0.792. The molecule has 0 spiro atoms. The first-order chi connectivity index (χ1) is 9.27. The van der Waals surface area contributed by atoms with Gasteiger partial charge in [-0.3, -0.25) is 0 Å². The van der Waals surface area contributed by atoms with Gasteiger partial charge in [-0.15, -0.1) is 0 Å². The summed E-state index contributed by atoms with van der Waals surface area (Å²) in [6, 6.07) is 0.837. The van der Waals surface area contributed by atoms with Crippen LogP contribution in [0, 0.1) is 29.1 Å². The van der Waals surface area contributed by atoms with Crippen molar-refractivity contribution >= 4 is 0 Å². The van der Waals surface area contributed by atoms with Gasteiger partial charge >= 0.3 is 0 Å². The number of nitrogens with one attached hydrogen (secondary N) is 1. The zero-order valence-corrected chi connectivity index (χ0v) is 12.7. The molecule has 5 fully saturated rings. The lowest BCUT2D eigenvalue weighted by Crippen LogP contribution is -2.55. The second kappa shape index (κ2) is 4.76. The summed E-state index contributed by atoms with van der Waals surface area (Å²) < 4.78 is 0. The first-order valence-electron chi connectivity index (χ1n) is 8.95. The van der Waals surface area contributed by atoms with Crippen LogP contribution in [0.5, 0.6) is 0 Å². The monoisotopic (exact) mass is 261 g/mol. The Labute approximate surface area is 118 Å². The molecule has 1 heteroatoms. The van der Waals surface area contributed by atoms with Gasteiger partial charge in [0.05, 0.1) is 0 Å². The number of rotatable bonds is 4. The van der Waals surface area contributed by atoms with Gasteiger partial charge in [-0.1, -0.05) is 25.7 Å². The van der Waals surface area contributed by atoms with Crippen LogP contribution in [0.1, 0.15) is 70.6 Å². The first-order valence-corrected chi connectivity index (χ1v) is 8.95. The van der Waals surface area contributed by atoms with E-state index in [1.54, 1.807) is 38.5 Å². The SMILES string of the molecule is CNC(CC1CCCC1)C12CC3CC(CC(C3)C1)C2. The second-order valence-electron chi connectivity index (χ2n) is 8.51. The molecule has 0 radical (unpaired) electrons.